The maximum absolute atomic E-state index is 14.1. The molecule has 0 spiro atoms. The number of pyridine rings is 4. The van der Waals surface area contributed by atoms with Gasteiger partial charge in [-0.25, -0.2) is 39.9 Å². The Bertz CT molecular complexity index is 3780. The Labute approximate surface area is 478 Å². The van der Waals surface area contributed by atoms with Crippen LogP contribution in [0.3, 0.4) is 0 Å². The third kappa shape index (κ3) is 16.2. The summed E-state index contributed by atoms with van der Waals surface area (Å²) in [5, 5.41) is -5.04. The summed E-state index contributed by atoms with van der Waals surface area (Å²) in [6.07, 6.45) is -44.1. The van der Waals surface area contributed by atoms with E-state index in [0.29, 0.717) is 0 Å². The molecule has 18 nitrogen and oxygen atoms in total. The fourth-order valence-corrected chi connectivity index (χ4v) is 8.01. The monoisotopic (exact) mass is 1330 g/mol. The lowest BCUT2D eigenvalue weighted by Gasteiger charge is -2.23. The summed E-state index contributed by atoms with van der Waals surface area (Å²) < 4.78 is 374. The molecule has 0 saturated carbocycles. The van der Waals surface area contributed by atoms with Crippen molar-refractivity contribution in [2.24, 2.45) is 0 Å². The van der Waals surface area contributed by atoms with Crippen LogP contribution < -0.4 is 37.9 Å². The molecule has 0 atom stereocenters. The van der Waals surface area contributed by atoms with Crippen LogP contribution in [-0.4, -0.2) is 152 Å². The quantitative estimate of drug-likeness (QED) is 0.0862. The zero-order valence-electron chi connectivity index (χ0n) is 43.2. The highest BCUT2D eigenvalue weighted by atomic mass is 19.4. The average molecular weight is 1330 g/mol. The van der Waals surface area contributed by atoms with Crippen molar-refractivity contribution in [3.8, 4) is 46.0 Å². The summed E-state index contributed by atoms with van der Waals surface area (Å²) in [6, 6.07) is 8.02. The number of rotatable bonds is 16. The molecule has 0 radical (unpaired) electrons. The summed E-state index contributed by atoms with van der Waals surface area (Å²) in [6.45, 7) is -20.7. The van der Waals surface area contributed by atoms with Crippen molar-refractivity contribution < 1.29 is 143 Å². The van der Waals surface area contributed by atoms with Crippen LogP contribution in [0.15, 0.2) is 48.5 Å². The third-order valence-corrected chi connectivity index (χ3v) is 11.1. The van der Waals surface area contributed by atoms with Gasteiger partial charge in [-0.15, -0.1) is 0 Å². The molecule has 0 fully saturated rings. The van der Waals surface area contributed by atoms with Crippen molar-refractivity contribution >= 4 is 88.8 Å². The van der Waals surface area contributed by atoms with Crippen molar-refractivity contribution in [1.29, 1.82) is 0 Å². The van der Waals surface area contributed by atoms with E-state index in [1.807, 2.05) is 0 Å². The van der Waals surface area contributed by atoms with E-state index in [1.54, 1.807) is 0 Å². The third-order valence-electron chi connectivity index (χ3n) is 11.1. The van der Waals surface area contributed by atoms with Crippen LogP contribution in [0.1, 0.15) is 0 Å². The van der Waals surface area contributed by atoms with Crippen molar-refractivity contribution in [2.45, 2.75) is 49.4 Å². The van der Waals surface area contributed by atoms with Crippen LogP contribution in [-0.2, 0) is 0 Å². The van der Waals surface area contributed by atoms with E-state index in [9.17, 15) is 105 Å². The van der Waals surface area contributed by atoms with Crippen LogP contribution in [0, 0.1) is 0 Å². The highest BCUT2D eigenvalue weighted by Crippen LogP contribution is 2.57. The first-order valence-corrected chi connectivity index (χ1v) is 24.0. The Balaban J connectivity index is 1.50. The van der Waals surface area contributed by atoms with Gasteiger partial charge in [-0.2, -0.15) is 105 Å². The Morgan fingerprint density at radius 2 is 0.400 bits per heavy atom. The Morgan fingerprint density at radius 3 is 0.567 bits per heavy atom. The summed E-state index contributed by atoms with van der Waals surface area (Å²) in [5.41, 5.74) is -8.49. The predicted molar refractivity (Wildman–Crippen MR) is 256 cm³/mol. The molecule has 0 aliphatic heterocycles. The second-order valence-corrected chi connectivity index (χ2v) is 18.2. The number of benzene rings is 2. The minimum absolute atomic E-state index is 0.0980. The number of aromatic nitrogens is 10. The molecule has 7 aromatic heterocycles. The lowest BCUT2D eigenvalue weighted by Crippen LogP contribution is -2.24. The van der Waals surface area contributed by atoms with Gasteiger partial charge in [0.15, 0.2) is 110 Å². The summed E-state index contributed by atoms with van der Waals surface area (Å²) in [4.78, 5) is 37.7. The minimum atomic E-state index is -5.54. The van der Waals surface area contributed by atoms with Gasteiger partial charge >= 0.3 is 49.4 Å². The lowest BCUT2D eigenvalue weighted by molar-refractivity contribution is -0.162. The molecule has 0 saturated heterocycles. The predicted octanol–water partition coefficient (Wildman–Crippen LogP) is 13.9. The van der Waals surface area contributed by atoms with Gasteiger partial charge in [0.2, 0.25) is 23.0 Å². The number of H-pyrrole nitrogens is 2. The number of ether oxygens (including phenoxy) is 8. The van der Waals surface area contributed by atoms with Crippen LogP contribution in [0.5, 0.6) is 46.0 Å². The van der Waals surface area contributed by atoms with Crippen LogP contribution in [0.4, 0.5) is 105 Å². The van der Waals surface area contributed by atoms with Gasteiger partial charge in [-0.05, 0) is 48.5 Å². The molecule has 0 amide bonds. The fraction of sp³-hybridized carbons (Fsp3) is 0.333. The van der Waals surface area contributed by atoms with Gasteiger partial charge < -0.3 is 47.9 Å². The normalized spacial score (nSPS) is 13.2. The Hall–Kier alpha value is -9.44. The molecule has 2 aromatic carbocycles. The van der Waals surface area contributed by atoms with E-state index in [1.165, 1.54) is 0 Å². The van der Waals surface area contributed by atoms with Gasteiger partial charge in [-0.1, -0.05) is 0 Å². The van der Waals surface area contributed by atoms with Crippen molar-refractivity contribution in [2.75, 3.05) is 52.9 Å². The molecule has 0 unspecified atom stereocenters. The number of halogens is 24. The Kier molecular flexibility index (Phi) is 17.0. The number of hydrogen-bond donors (Lipinski definition) is 2. The van der Waals surface area contributed by atoms with E-state index in [0.717, 1.165) is 48.5 Å². The largest absolute Gasteiger partial charge is 0.479 e. The van der Waals surface area contributed by atoms with Crippen LogP contribution in [0.25, 0.3) is 88.8 Å². The van der Waals surface area contributed by atoms with Gasteiger partial charge in [0, 0.05) is 10.8 Å². The molecule has 0 aliphatic rings. The van der Waals surface area contributed by atoms with E-state index in [2.05, 4.69) is 68.8 Å². The molecule has 484 valence electrons. The maximum Gasteiger partial charge on any atom is 0.422 e. The molecule has 9 rings (SSSR count). The summed E-state index contributed by atoms with van der Waals surface area (Å²) in [7, 11) is 0. The molecule has 9 aromatic rings. The molecular weight excluding hydrogens is 1300 g/mol. The zero-order chi connectivity index (χ0) is 65.9. The van der Waals surface area contributed by atoms with E-state index >= 15 is 0 Å². The number of fused-ring (bicyclic) bond motifs is 14. The molecule has 7 heterocycles. The molecule has 0 aliphatic carbocycles. The fourth-order valence-electron chi connectivity index (χ4n) is 8.01. The molecule has 10 bridgehead atoms. The van der Waals surface area contributed by atoms with Gasteiger partial charge in [0.1, 0.15) is 22.6 Å². The number of nitrogens with one attached hydrogen (secondary N) is 2. The SMILES string of the molecule is FC(F)(F)COc1c(OCC(F)(F)F)c(OCC(F)(F)F)c2c3nc4ccc5ccc(nc5n4)nc4[nH]c(nc5ccc6ccc(nc6n5)nc([nH]3)c2c1OCC(F)(F)F)c1c(OCC(F)(F)F)c(OCC(F)(F)F)c(OCC(F)(F)F)c(OCC(F)(F)F)c41. The summed E-state index contributed by atoms with van der Waals surface area (Å²) in [5.74, 6) is -14.3. The molecule has 2 N–H and O–H groups in total. The number of alkyl halides is 24. The Morgan fingerprint density at radius 1 is 0.233 bits per heavy atom. The smallest absolute Gasteiger partial charge is 0.422 e. The first-order chi connectivity index (χ1) is 41.5. The molecule has 42 heteroatoms. The topological polar surface area (TPSA) is 209 Å². The van der Waals surface area contributed by atoms with Crippen molar-refractivity contribution in [3.05, 3.63) is 48.5 Å². The maximum atomic E-state index is 14.1. The van der Waals surface area contributed by atoms with E-state index < -0.39 is 226 Å². The average Bonchev–Trinajstić information content (AvgIpc) is 1.49. The van der Waals surface area contributed by atoms with E-state index in [-0.39, 0.29) is 10.8 Å². The molecular formula is C48H26F24N10O8. The highest BCUT2D eigenvalue weighted by molar-refractivity contribution is 6.15. The zero-order valence-corrected chi connectivity index (χ0v) is 43.2. The minimum Gasteiger partial charge on any atom is -0.479 e. The first kappa shape index (κ1) is 65.0. The van der Waals surface area contributed by atoms with Crippen molar-refractivity contribution in [1.82, 2.24) is 49.8 Å². The van der Waals surface area contributed by atoms with Gasteiger partial charge in [-0.3, -0.25) is 0 Å². The van der Waals surface area contributed by atoms with Gasteiger partial charge in [0.05, 0.1) is 21.5 Å². The summed E-state index contributed by atoms with van der Waals surface area (Å²) >= 11 is 0. The number of nitrogens with zero attached hydrogens (tertiary/aromatic N) is 8. The second kappa shape index (κ2) is 23.5. The van der Waals surface area contributed by atoms with Crippen LogP contribution >= 0.6 is 0 Å². The lowest BCUT2D eigenvalue weighted by atomic mass is 10.1. The number of aromatic amines is 2. The molecule has 90 heavy (non-hydrogen) atoms. The standard InChI is InChI=1S/C48H26F24N10O8/c49-41(50,51)9-83-27-23-24(28(84-10-42(52,53)54)32(88-14-46(64,65)66)31(27)87-13-45(61,62)63)39-79-21-7-3-18-4-8-22(76-36(18)75-21)80-40-26-25(38(82-40)78-20-6-2-17-1-5-19(73-35(17)74-20)77-37(23)81-39)29(85-11-43(55,56)57)33(89-15-47(67,68)69)34(90-16-48(70,71)72)30(26)86-12-44(58,59)60/h1-8H,9-16H2,(H2,73,74,75,76,77,78,79,80,81,82). The highest BCUT2D eigenvalue weighted by Gasteiger charge is 2.42. The van der Waals surface area contributed by atoms with Crippen LogP contribution in [0.2, 0.25) is 0 Å². The first-order valence-electron chi connectivity index (χ1n) is 24.0. The number of hydrogen-bond acceptors (Lipinski definition) is 16. The van der Waals surface area contributed by atoms with E-state index in [4.69, 9.17) is 18.9 Å². The van der Waals surface area contributed by atoms with Crippen molar-refractivity contribution in [3.63, 3.8) is 0 Å². The van der Waals surface area contributed by atoms with Gasteiger partial charge in [0.25, 0.3) is 0 Å². The second-order valence-electron chi connectivity index (χ2n) is 18.2.